The van der Waals surface area contributed by atoms with Crippen molar-refractivity contribution < 1.29 is 23.9 Å². The normalized spacial score (nSPS) is 30.0. The van der Waals surface area contributed by atoms with Crippen LogP contribution < -0.4 is 4.90 Å². The number of aryl methyl sites for hydroxylation is 1. The second kappa shape index (κ2) is 8.47. The van der Waals surface area contributed by atoms with Crippen LogP contribution >= 0.6 is 31.9 Å². The second-order valence-corrected chi connectivity index (χ2v) is 11.0. The molecule has 6 nitrogen and oxygen atoms in total. The van der Waals surface area contributed by atoms with Gasteiger partial charge in [0.25, 0.3) is 0 Å². The summed E-state index contributed by atoms with van der Waals surface area (Å²) in [4.78, 5) is 52.9. The molecular weight excluding hydrogens is 554 g/mol. The Kier molecular flexibility index (Phi) is 5.77. The van der Waals surface area contributed by atoms with Gasteiger partial charge in [-0.15, -0.1) is 0 Å². The summed E-state index contributed by atoms with van der Waals surface area (Å²) in [5.41, 5.74) is 2.03. The van der Waals surface area contributed by atoms with Crippen LogP contribution in [0, 0.1) is 30.6 Å². The third-order valence-corrected chi connectivity index (χ3v) is 10.2. The first kappa shape index (κ1) is 22.5. The number of alkyl halides is 2. The number of halogens is 2. The van der Waals surface area contributed by atoms with Gasteiger partial charge in [0.05, 0.1) is 23.1 Å². The lowest BCUT2D eigenvalue weighted by atomic mass is 9.81. The molecule has 0 radical (unpaired) electrons. The average molecular weight is 575 g/mol. The summed E-state index contributed by atoms with van der Waals surface area (Å²) in [5, 5.41) is 0. The molecule has 0 spiro atoms. The number of benzene rings is 2. The lowest BCUT2D eigenvalue weighted by molar-refractivity contribution is -0.123. The van der Waals surface area contributed by atoms with E-state index in [0.717, 1.165) is 12.0 Å². The maximum absolute atomic E-state index is 13.2. The zero-order chi connectivity index (χ0) is 23.4. The highest BCUT2D eigenvalue weighted by atomic mass is 79.9. The Morgan fingerprint density at radius 2 is 1.55 bits per heavy atom. The number of fused-ring (bicyclic) bond motifs is 5. The lowest BCUT2D eigenvalue weighted by Gasteiger charge is -2.28. The minimum atomic E-state index is -0.683. The van der Waals surface area contributed by atoms with E-state index in [9.17, 15) is 19.2 Å². The third kappa shape index (κ3) is 3.67. The average Bonchev–Trinajstić information content (AvgIpc) is 3.42. The molecule has 1 heterocycles. The molecule has 5 rings (SSSR count). The smallest absolute Gasteiger partial charge is 0.338 e. The van der Waals surface area contributed by atoms with Crippen molar-refractivity contribution in [1.82, 2.24) is 0 Å². The quantitative estimate of drug-likeness (QED) is 0.230. The number of nitrogens with zero attached hydrogens (tertiary/aromatic N) is 1. The molecule has 0 unspecified atom stereocenters. The van der Waals surface area contributed by atoms with Crippen LogP contribution in [0.3, 0.4) is 0 Å². The summed E-state index contributed by atoms with van der Waals surface area (Å²) in [6, 6.07) is 13.3. The van der Waals surface area contributed by atoms with Gasteiger partial charge >= 0.3 is 5.97 Å². The highest BCUT2D eigenvalue weighted by Gasteiger charge is 2.66. The highest BCUT2D eigenvalue weighted by molar-refractivity contribution is 9.12. The standard InChI is InChI=1S/C25H21Br2NO5/c1-12-5-7-13(8-6-12)18(29)11-33-25(32)14-3-2-4-15(9-14)28-23(30)19-16-10-17(20(19)24(28)31)22(27)21(16)26/h2-9,16-17,19-22H,10-11H2,1H3/t16-,17-,19-,20+,21-,22+/m1/s1. The first-order valence-electron chi connectivity index (χ1n) is 10.8. The maximum atomic E-state index is 13.2. The summed E-state index contributed by atoms with van der Waals surface area (Å²) in [6.45, 7) is 1.53. The number of ether oxygens (including phenoxy) is 1. The highest BCUT2D eigenvalue weighted by Crippen LogP contribution is 2.60. The number of hydrogen-bond donors (Lipinski definition) is 0. The number of imide groups is 1. The Balaban J connectivity index is 1.31. The van der Waals surface area contributed by atoms with E-state index in [2.05, 4.69) is 31.9 Å². The zero-order valence-corrected chi connectivity index (χ0v) is 20.9. The van der Waals surface area contributed by atoms with E-state index in [4.69, 9.17) is 4.74 Å². The number of carbonyl (C=O) groups is 4. The molecule has 33 heavy (non-hydrogen) atoms. The van der Waals surface area contributed by atoms with Crippen molar-refractivity contribution >= 4 is 61.1 Å². The van der Waals surface area contributed by atoms with Crippen LogP contribution in [-0.4, -0.2) is 39.8 Å². The summed E-state index contributed by atoms with van der Waals surface area (Å²) < 4.78 is 5.20. The van der Waals surface area contributed by atoms with Gasteiger partial charge in [-0.2, -0.15) is 0 Å². The first-order chi connectivity index (χ1) is 15.8. The number of Topliss-reactive ketones (excluding diaryl/α,β-unsaturated/α-hetero) is 1. The van der Waals surface area contributed by atoms with Crippen molar-refractivity contribution in [2.24, 2.45) is 23.7 Å². The van der Waals surface area contributed by atoms with Gasteiger partial charge < -0.3 is 4.74 Å². The van der Waals surface area contributed by atoms with Crippen LogP contribution in [0.15, 0.2) is 48.5 Å². The predicted molar refractivity (Wildman–Crippen MR) is 129 cm³/mol. The number of ketones is 1. The Morgan fingerprint density at radius 1 is 0.939 bits per heavy atom. The molecule has 2 aromatic carbocycles. The zero-order valence-electron chi connectivity index (χ0n) is 17.7. The van der Waals surface area contributed by atoms with Crippen molar-refractivity contribution in [3.63, 3.8) is 0 Å². The molecule has 3 fully saturated rings. The molecule has 2 aliphatic carbocycles. The Bertz CT molecular complexity index is 1130. The molecule has 6 atom stereocenters. The molecule has 0 N–H and O–H groups in total. The molecule has 170 valence electrons. The van der Waals surface area contributed by atoms with Gasteiger partial charge in [-0.3, -0.25) is 19.3 Å². The topological polar surface area (TPSA) is 80.8 Å². The van der Waals surface area contributed by atoms with Gasteiger partial charge in [-0.25, -0.2) is 4.79 Å². The van der Waals surface area contributed by atoms with Crippen LogP contribution in [0.2, 0.25) is 0 Å². The molecule has 0 aromatic heterocycles. The van der Waals surface area contributed by atoms with Crippen molar-refractivity contribution in [2.75, 3.05) is 11.5 Å². The fraction of sp³-hybridized carbons (Fsp3) is 0.360. The molecule has 2 amide bonds. The van der Waals surface area contributed by atoms with Gasteiger partial charge in [-0.1, -0.05) is 67.8 Å². The van der Waals surface area contributed by atoms with Gasteiger partial charge in [-0.05, 0) is 43.4 Å². The second-order valence-electron chi connectivity index (χ2n) is 8.93. The number of hydrogen-bond acceptors (Lipinski definition) is 5. The molecule has 1 aliphatic heterocycles. The summed E-state index contributed by atoms with van der Waals surface area (Å²) in [5.74, 6) is -1.83. The largest absolute Gasteiger partial charge is 0.454 e. The van der Waals surface area contributed by atoms with Crippen LogP contribution in [0.25, 0.3) is 0 Å². The number of carbonyl (C=O) groups excluding carboxylic acids is 4. The fourth-order valence-electron chi connectivity index (χ4n) is 5.41. The molecule has 2 bridgehead atoms. The lowest BCUT2D eigenvalue weighted by Crippen LogP contribution is -2.37. The van der Waals surface area contributed by atoms with E-state index < -0.39 is 5.97 Å². The Morgan fingerprint density at radius 3 is 2.15 bits per heavy atom. The van der Waals surface area contributed by atoms with E-state index in [1.165, 1.54) is 11.0 Å². The summed E-state index contributed by atoms with van der Waals surface area (Å²) in [6.07, 6.45) is 0.855. The van der Waals surface area contributed by atoms with Gasteiger partial charge in [0, 0.05) is 15.2 Å². The summed E-state index contributed by atoms with van der Waals surface area (Å²) >= 11 is 7.37. The number of amides is 2. The molecule has 2 saturated carbocycles. The summed E-state index contributed by atoms with van der Waals surface area (Å²) in [7, 11) is 0. The van der Waals surface area contributed by atoms with E-state index >= 15 is 0 Å². The van der Waals surface area contributed by atoms with Gasteiger partial charge in [0.2, 0.25) is 11.8 Å². The molecule has 8 heteroatoms. The predicted octanol–water partition coefficient (Wildman–Crippen LogP) is 4.32. The van der Waals surface area contributed by atoms with Gasteiger partial charge in [0.1, 0.15) is 0 Å². The fourth-order valence-corrected chi connectivity index (χ4v) is 7.29. The van der Waals surface area contributed by atoms with Crippen molar-refractivity contribution in [3.8, 4) is 0 Å². The van der Waals surface area contributed by atoms with Crippen molar-refractivity contribution in [1.29, 1.82) is 0 Å². The van der Waals surface area contributed by atoms with Gasteiger partial charge in [0.15, 0.2) is 12.4 Å². The van der Waals surface area contributed by atoms with Crippen LogP contribution in [0.5, 0.6) is 0 Å². The van der Waals surface area contributed by atoms with E-state index in [1.54, 1.807) is 30.3 Å². The van der Waals surface area contributed by atoms with E-state index in [0.29, 0.717) is 11.3 Å². The minimum Gasteiger partial charge on any atom is -0.454 e. The number of rotatable bonds is 5. The Hall–Kier alpha value is -2.32. The van der Waals surface area contributed by atoms with Crippen LogP contribution in [0.1, 0.15) is 32.7 Å². The van der Waals surface area contributed by atoms with Crippen molar-refractivity contribution in [2.45, 2.75) is 23.0 Å². The van der Waals surface area contributed by atoms with E-state index in [1.807, 2.05) is 19.1 Å². The molecular formula is C25H21Br2NO5. The molecule has 2 aromatic rings. The first-order valence-corrected chi connectivity index (χ1v) is 12.6. The minimum absolute atomic E-state index is 0.117. The number of anilines is 1. The van der Waals surface area contributed by atoms with Crippen LogP contribution in [-0.2, 0) is 14.3 Å². The monoisotopic (exact) mass is 573 g/mol. The maximum Gasteiger partial charge on any atom is 0.338 e. The van der Waals surface area contributed by atoms with E-state index in [-0.39, 0.29) is 63.1 Å². The Labute approximate surface area is 207 Å². The third-order valence-electron chi connectivity index (χ3n) is 7.04. The molecule has 3 aliphatic rings. The number of esters is 1. The van der Waals surface area contributed by atoms with Crippen LogP contribution in [0.4, 0.5) is 5.69 Å². The van der Waals surface area contributed by atoms with Crippen molar-refractivity contribution in [3.05, 3.63) is 65.2 Å². The molecule has 1 saturated heterocycles. The SMILES string of the molecule is Cc1ccc(C(=O)COC(=O)c2cccc(N3C(=O)[C@@H]4[C@H]5C[C@@H]([C@H](Br)[C@@H]5Br)[C@@H]4C3=O)c2)cc1.